The van der Waals surface area contributed by atoms with Crippen molar-refractivity contribution in [3.05, 3.63) is 29.8 Å². The summed E-state index contributed by atoms with van der Waals surface area (Å²) >= 11 is 6.53. The molecular weight excluding hydrogens is 312 g/mol. The summed E-state index contributed by atoms with van der Waals surface area (Å²) in [5, 5.41) is 0. The first kappa shape index (κ1) is 17.4. The number of thioether (sulfide) groups is 1. The van der Waals surface area contributed by atoms with E-state index in [9.17, 15) is 8.42 Å². The van der Waals surface area contributed by atoms with Crippen LogP contribution in [0.25, 0.3) is 0 Å². The van der Waals surface area contributed by atoms with Crippen LogP contribution >= 0.6 is 24.0 Å². The molecule has 0 amide bonds. The molecule has 0 aliphatic rings. The first-order valence-electron chi connectivity index (χ1n) is 6.32. The monoisotopic (exact) mass is 332 g/mol. The zero-order valence-electron chi connectivity index (χ0n) is 11.6. The van der Waals surface area contributed by atoms with Gasteiger partial charge >= 0.3 is 0 Å². The Morgan fingerprint density at radius 1 is 1.40 bits per heavy atom. The topological polar surface area (TPSA) is 72.2 Å². The molecule has 1 aromatic rings. The predicted molar refractivity (Wildman–Crippen MR) is 89.7 cm³/mol. The van der Waals surface area contributed by atoms with Crippen LogP contribution in [-0.2, 0) is 16.4 Å². The molecule has 1 unspecified atom stereocenters. The van der Waals surface area contributed by atoms with Crippen LogP contribution in [0.5, 0.6) is 0 Å². The molecule has 1 aromatic carbocycles. The van der Waals surface area contributed by atoms with E-state index in [1.807, 2.05) is 13.8 Å². The minimum absolute atomic E-state index is 0.0961. The van der Waals surface area contributed by atoms with Crippen molar-refractivity contribution < 1.29 is 8.42 Å². The van der Waals surface area contributed by atoms with Crippen LogP contribution in [0.4, 0.5) is 0 Å². The lowest BCUT2D eigenvalue weighted by Gasteiger charge is -2.13. The molecule has 0 aliphatic carbocycles. The summed E-state index contributed by atoms with van der Waals surface area (Å²) in [5.74, 6) is 1.73. The first-order chi connectivity index (χ1) is 9.35. The molecule has 0 heterocycles. The van der Waals surface area contributed by atoms with E-state index in [4.69, 9.17) is 18.0 Å². The van der Waals surface area contributed by atoms with Gasteiger partial charge in [-0.25, -0.2) is 13.1 Å². The summed E-state index contributed by atoms with van der Waals surface area (Å²) in [7, 11) is -3.46. The van der Waals surface area contributed by atoms with Gasteiger partial charge in [0.1, 0.15) is 0 Å². The second-order valence-corrected chi connectivity index (χ2v) is 8.03. The van der Waals surface area contributed by atoms with Crippen molar-refractivity contribution in [1.82, 2.24) is 4.72 Å². The van der Waals surface area contributed by atoms with Gasteiger partial charge in [0, 0.05) is 18.2 Å². The van der Waals surface area contributed by atoms with E-state index in [1.165, 1.54) is 0 Å². The van der Waals surface area contributed by atoms with Gasteiger partial charge in [-0.1, -0.05) is 31.3 Å². The lowest BCUT2D eigenvalue weighted by atomic mass is 10.1. The number of hydrogen-bond donors (Lipinski definition) is 2. The van der Waals surface area contributed by atoms with E-state index in [1.54, 1.807) is 36.0 Å². The average molecular weight is 333 g/mol. The molecule has 0 aromatic heterocycles. The van der Waals surface area contributed by atoms with Crippen molar-refractivity contribution in [1.29, 1.82) is 0 Å². The van der Waals surface area contributed by atoms with E-state index in [2.05, 4.69) is 4.72 Å². The second kappa shape index (κ2) is 7.97. The van der Waals surface area contributed by atoms with Crippen molar-refractivity contribution in [2.45, 2.75) is 31.2 Å². The third-order valence-electron chi connectivity index (χ3n) is 2.54. The van der Waals surface area contributed by atoms with E-state index in [0.717, 1.165) is 17.1 Å². The Balaban J connectivity index is 2.74. The van der Waals surface area contributed by atoms with Crippen molar-refractivity contribution in [3.8, 4) is 0 Å². The molecule has 0 bridgehead atoms. The molecule has 0 saturated carbocycles. The molecular formula is C13H20N2O2S3. The minimum atomic E-state index is -3.46. The van der Waals surface area contributed by atoms with Crippen LogP contribution in [-0.4, -0.2) is 31.0 Å². The highest BCUT2D eigenvalue weighted by Crippen LogP contribution is 2.12. The van der Waals surface area contributed by atoms with Gasteiger partial charge in [0.2, 0.25) is 10.0 Å². The molecule has 7 heteroatoms. The van der Waals surface area contributed by atoms with Gasteiger partial charge in [-0.2, -0.15) is 11.8 Å². The molecule has 3 N–H and O–H groups in total. The number of benzene rings is 1. The quantitative estimate of drug-likeness (QED) is 0.712. The Morgan fingerprint density at radius 3 is 2.50 bits per heavy atom. The third kappa shape index (κ3) is 5.78. The van der Waals surface area contributed by atoms with Crippen molar-refractivity contribution in [2.24, 2.45) is 5.73 Å². The number of thiocarbonyl (C=S) groups is 1. The fraction of sp³-hybridized carbons (Fsp3) is 0.462. The number of rotatable bonds is 8. The smallest absolute Gasteiger partial charge is 0.240 e. The second-order valence-electron chi connectivity index (χ2n) is 4.47. The Bertz CT molecular complexity index is 541. The van der Waals surface area contributed by atoms with Gasteiger partial charge in [0.05, 0.1) is 9.88 Å². The van der Waals surface area contributed by atoms with Crippen molar-refractivity contribution in [3.63, 3.8) is 0 Å². The highest BCUT2D eigenvalue weighted by Gasteiger charge is 2.17. The van der Waals surface area contributed by atoms with Gasteiger partial charge in [-0.05, 0) is 30.4 Å². The summed E-state index contributed by atoms with van der Waals surface area (Å²) in [5.41, 5.74) is 6.37. The van der Waals surface area contributed by atoms with E-state index >= 15 is 0 Å². The summed E-state index contributed by atoms with van der Waals surface area (Å²) in [4.78, 5) is 0.654. The summed E-state index contributed by atoms with van der Waals surface area (Å²) in [6.07, 6.45) is 0.479. The molecule has 0 fully saturated rings. The Labute approximate surface area is 130 Å². The van der Waals surface area contributed by atoms with E-state index < -0.39 is 10.0 Å². The van der Waals surface area contributed by atoms with E-state index in [-0.39, 0.29) is 10.9 Å². The van der Waals surface area contributed by atoms with Crippen LogP contribution in [0.2, 0.25) is 0 Å². The molecule has 112 valence electrons. The fourth-order valence-electron chi connectivity index (χ4n) is 1.65. The average Bonchev–Trinajstić information content (AvgIpc) is 2.35. The molecule has 20 heavy (non-hydrogen) atoms. The molecule has 4 nitrogen and oxygen atoms in total. The lowest BCUT2D eigenvalue weighted by Crippen LogP contribution is -2.34. The largest absolute Gasteiger partial charge is 0.393 e. The lowest BCUT2D eigenvalue weighted by molar-refractivity contribution is 0.571. The molecule has 0 saturated heterocycles. The SMILES string of the molecule is CCSCC(C)NS(=O)(=O)c1ccc(CC(N)=S)cc1. The van der Waals surface area contributed by atoms with E-state index in [0.29, 0.717) is 11.4 Å². The summed E-state index contributed by atoms with van der Waals surface area (Å²) in [6, 6.07) is 6.53. The zero-order chi connectivity index (χ0) is 15.2. The highest BCUT2D eigenvalue weighted by atomic mass is 32.2. The van der Waals surface area contributed by atoms with Crippen molar-refractivity contribution in [2.75, 3.05) is 11.5 Å². The van der Waals surface area contributed by atoms with Crippen molar-refractivity contribution >= 4 is 39.0 Å². The third-order valence-corrected chi connectivity index (χ3v) is 5.43. The van der Waals surface area contributed by atoms with Crippen LogP contribution in [0.1, 0.15) is 19.4 Å². The molecule has 0 spiro atoms. The van der Waals surface area contributed by atoms with Gasteiger partial charge in [0.25, 0.3) is 0 Å². The minimum Gasteiger partial charge on any atom is -0.393 e. The number of hydrogen-bond acceptors (Lipinski definition) is 4. The maximum atomic E-state index is 12.2. The van der Waals surface area contributed by atoms with Crippen LogP contribution in [0.15, 0.2) is 29.2 Å². The van der Waals surface area contributed by atoms with Crippen LogP contribution < -0.4 is 10.5 Å². The Hall–Kier alpha value is -0.630. The number of nitrogens with one attached hydrogen (secondary N) is 1. The van der Waals surface area contributed by atoms with Gasteiger partial charge in [0.15, 0.2) is 0 Å². The molecule has 0 radical (unpaired) electrons. The fourth-order valence-corrected chi connectivity index (χ4v) is 3.84. The Morgan fingerprint density at radius 2 is 2.00 bits per heavy atom. The summed E-state index contributed by atoms with van der Waals surface area (Å²) < 4.78 is 27.0. The molecule has 1 atom stereocenters. The molecule has 0 aliphatic heterocycles. The molecule has 1 rings (SSSR count). The predicted octanol–water partition coefficient (Wildman–Crippen LogP) is 1.94. The van der Waals surface area contributed by atoms with Gasteiger partial charge in [-0.15, -0.1) is 0 Å². The van der Waals surface area contributed by atoms with Crippen LogP contribution in [0.3, 0.4) is 0 Å². The summed E-state index contributed by atoms with van der Waals surface area (Å²) in [6.45, 7) is 3.91. The van der Waals surface area contributed by atoms with Gasteiger partial charge < -0.3 is 5.73 Å². The first-order valence-corrected chi connectivity index (χ1v) is 9.37. The standard InChI is InChI=1S/C13H20N2O2S3/c1-3-19-9-10(2)15-20(16,17)12-6-4-11(5-7-12)8-13(14)18/h4-7,10,15H,3,8-9H2,1-2H3,(H2,14,18). The highest BCUT2D eigenvalue weighted by molar-refractivity contribution is 7.99. The Kier molecular flexibility index (Phi) is 6.94. The maximum absolute atomic E-state index is 12.2. The normalized spacial score (nSPS) is 13.1. The van der Waals surface area contributed by atoms with Gasteiger partial charge in [-0.3, -0.25) is 0 Å². The number of sulfonamides is 1. The van der Waals surface area contributed by atoms with Crippen LogP contribution in [0, 0.1) is 0 Å². The number of nitrogens with two attached hydrogens (primary N) is 1. The zero-order valence-corrected chi connectivity index (χ0v) is 14.1. The maximum Gasteiger partial charge on any atom is 0.240 e.